The van der Waals surface area contributed by atoms with Gasteiger partial charge in [-0.05, 0) is 32.2 Å². The molecule has 0 radical (unpaired) electrons. The van der Waals surface area contributed by atoms with Crippen LogP contribution in [0.15, 0.2) is 6.20 Å². The summed E-state index contributed by atoms with van der Waals surface area (Å²) in [5.74, 6) is 0.0264. The molecule has 2 rings (SSSR count). The van der Waals surface area contributed by atoms with Crippen molar-refractivity contribution in [2.75, 3.05) is 13.1 Å². The van der Waals surface area contributed by atoms with E-state index in [1.165, 1.54) is 11.3 Å². The van der Waals surface area contributed by atoms with Gasteiger partial charge in [0.25, 0.3) is 5.91 Å². The minimum atomic E-state index is 0. The number of nitrogens with zero attached hydrogens (tertiary/aromatic N) is 1. The van der Waals surface area contributed by atoms with Crippen molar-refractivity contribution in [1.29, 1.82) is 0 Å². The Kier molecular flexibility index (Phi) is 9.35. The SMILES string of the molecule is CCCc1ncc(C(=O)N[C@H]2CCCNC2)s1.Cl.Cl. The van der Waals surface area contributed by atoms with Crippen molar-refractivity contribution in [3.63, 3.8) is 0 Å². The standard InChI is InChI=1S/C12H19N3OS.2ClH/c1-2-4-11-14-8-10(17-11)12(16)15-9-5-3-6-13-7-9;;/h8-9,13H,2-7H2,1H3,(H,15,16);2*1H/t9-;;/m0../s1. The van der Waals surface area contributed by atoms with E-state index in [-0.39, 0.29) is 36.8 Å². The maximum Gasteiger partial charge on any atom is 0.263 e. The van der Waals surface area contributed by atoms with Crippen LogP contribution >= 0.6 is 36.2 Å². The van der Waals surface area contributed by atoms with Crippen molar-refractivity contribution >= 4 is 42.1 Å². The number of aromatic nitrogens is 1. The predicted octanol–water partition coefficient (Wildman–Crippen LogP) is 2.42. The van der Waals surface area contributed by atoms with Gasteiger partial charge in [0.05, 0.1) is 11.2 Å². The highest BCUT2D eigenvalue weighted by molar-refractivity contribution is 7.13. The molecule has 1 fully saturated rings. The lowest BCUT2D eigenvalue weighted by Gasteiger charge is -2.23. The molecule has 1 aliphatic rings. The molecule has 0 saturated carbocycles. The summed E-state index contributed by atoms with van der Waals surface area (Å²) in [5, 5.41) is 7.40. The first-order valence-electron chi connectivity index (χ1n) is 6.26. The van der Waals surface area contributed by atoms with Crippen LogP contribution in [0.5, 0.6) is 0 Å². The monoisotopic (exact) mass is 325 g/mol. The van der Waals surface area contributed by atoms with Crippen LogP contribution in [0.1, 0.15) is 40.9 Å². The van der Waals surface area contributed by atoms with E-state index in [0.29, 0.717) is 0 Å². The lowest BCUT2D eigenvalue weighted by molar-refractivity contribution is 0.0934. The van der Waals surface area contributed by atoms with Crippen LogP contribution in [-0.4, -0.2) is 30.0 Å². The second-order valence-corrected chi connectivity index (χ2v) is 5.50. The minimum absolute atomic E-state index is 0. The first kappa shape index (κ1) is 18.6. The minimum Gasteiger partial charge on any atom is -0.347 e. The topological polar surface area (TPSA) is 54.0 Å². The molecule has 1 aliphatic heterocycles. The van der Waals surface area contributed by atoms with E-state index in [1.807, 2.05) is 0 Å². The molecule has 110 valence electrons. The number of hydrogen-bond acceptors (Lipinski definition) is 4. The highest BCUT2D eigenvalue weighted by atomic mass is 35.5. The molecule has 2 heterocycles. The Morgan fingerprint density at radius 3 is 3.00 bits per heavy atom. The molecule has 0 aromatic carbocycles. The largest absolute Gasteiger partial charge is 0.347 e. The van der Waals surface area contributed by atoms with Crippen LogP contribution < -0.4 is 10.6 Å². The third-order valence-electron chi connectivity index (χ3n) is 2.87. The number of aryl methyl sites for hydroxylation is 1. The number of amides is 1. The van der Waals surface area contributed by atoms with Gasteiger partial charge in [-0.15, -0.1) is 36.2 Å². The number of piperidine rings is 1. The van der Waals surface area contributed by atoms with Crippen molar-refractivity contribution in [1.82, 2.24) is 15.6 Å². The van der Waals surface area contributed by atoms with Crippen LogP contribution in [0.25, 0.3) is 0 Å². The molecule has 1 amide bonds. The second kappa shape index (κ2) is 9.53. The van der Waals surface area contributed by atoms with Gasteiger partial charge in [-0.25, -0.2) is 4.98 Å². The lowest BCUT2D eigenvalue weighted by Crippen LogP contribution is -2.45. The molecule has 0 unspecified atom stereocenters. The van der Waals surface area contributed by atoms with Crippen LogP contribution in [-0.2, 0) is 6.42 Å². The van der Waals surface area contributed by atoms with Gasteiger partial charge in [-0.2, -0.15) is 0 Å². The molecule has 0 spiro atoms. The molecule has 7 heteroatoms. The number of nitrogens with one attached hydrogen (secondary N) is 2. The van der Waals surface area contributed by atoms with Gasteiger partial charge in [0.15, 0.2) is 0 Å². The van der Waals surface area contributed by atoms with E-state index in [0.717, 1.165) is 48.7 Å². The summed E-state index contributed by atoms with van der Waals surface area (Å²) < 4.78 is 0. The molecule has 1 saturated heterocycles. The van der Waals surface area contributed by atoms with Gasteiger partial charge in [-0.1, -0.05) is 6.92 Å². The summed E-state index contributed by atoms with van der Waals surface area (Å²) in [5.41, 5.74) is 0. The Morgan fingerprint density at radius 1 is 1.58 bits per heavy atom. The third-order valence-corrected chi connectivity index (χ3v) is 3.93. The van der Waals surface area contributed by atoms with Crippen LogP contribution in [0.2, 0.25) is 0 Å². The Hall–Kier alpha value is -0.360. The van der Waals surface area contributed by atoms with E-state index in [2.05, 4.69) is 22.5 Å². The van der Waals surface area contributed by atoms with Crippen molar-refractivity contribution in [2.24, 2.45) is 0 Å². The quantitative estimate of drug-likeness (QED) is 0.893. The Labute approximate surface area is 130 Å². The molecule has 1 aromatic heterocycles. The van der Waals surface area contributed by atoms with Crippen molar-refractivity contribution < 1.29 is 4.79 Å². The van der Waals surface area contributed by atoms with Gasteiger partial charge in [-0.3, -0.25) is 4.79 Å². The highest BCUT2D eigenvalue weighted by Gasteiger charge is 2.17. The first-order chi connectivity index (χ1) is 8.29. The Balaban J connectivity index is 0.00000162. The highest BCUT2D eigenvalue weighted by Crippen LogP contribution is 2.15. The maximum absolute atomic E-state index is 12.0. The van der Waals surface area contributed by atoms with Crippen LogP contribution in [0.3, 0.4) is 0 Å². The zero-order valence-corrected chi connectivity index (χ0v) is 13.4. The van der Waals surface area contributed by atoms with E-state index in [9.17, 15) is 4.79 Å². The molecular formula is C12H21Cl2N3OS. The zero-order chi connectivity index (χ0) is 12.1. The molecule has 2 N–H and O–H groups in total. The van der Waals surface area contributed by atoms with Gasteiger partial charge >= 0.3 is 0 Å². The number of thiazole rings is 1. The van der Waals surface area contributed by atoms with Gasteiger partial charge in [0.1, 0.15) is 4.88 Å². The van der Waals surface area contributed by atoms with Crippen LogP contribution in [0, 0.1) is 0 Å². The summed E-state index contributed by atoms with van der Waals surface area (Å²) in [4.78, 5) is 17.0. The van der Waals surface area contributed by atoms with Crippen molar-refractivity contribution in [3.8, 4) is 0 Å². The zero-order valence-electron chi connectivity index (χ0n) is 11.0. The van der Waals surface area contributed by atoms with E-state index < -0.39 is 0 Å². The van der Waals surface area contributed by atoms with E-state index >= 15 is 0 Å². The number of carbonyl (C=O) groups is 1. The average molecular weight is 326 g/mol. The van der Waals surface area contributed by atoms with Gasteiger partial charge in [0.2, 0.25) is 0 Å². The molecule has 4 nitrogen and oxygen atoms in total. The van der Waals surface area contributed by atoms with Gasteiger partial charge < -0.3 is 10.6 Å². The normalized spacial score (nSPS) is 18.1. The third kappa shape index (κ3) is 5.65. The fraction of sp³-hybridized carbons (Fsp3) is 0.667. The average Bonchev–Trinajstić information content (AvgIpc) is 2.79. The van der Waals surface area contributed by atoms with Gasteiger partial charge in [0, 0.05) is 12.6 Å². The second-order valence-electron chi connectivity index (χ2n) is 4.38. The molecule has 19 heavy (non-hydrogen) atoms. The van der Waals surface area contributed by atoms with E-state index in [4.69, 9.17) is 0 Å². The van der Waals surface area contributed by atoms with Crippen molar-refractivity contribution in [2.45, 2.75) is 38.6 Å². The summed E-state index contributed by atoms with van der Waals surface area (Å²) in [6.07, 6.45) is 5.93. The summed E-state index contributed by atoms with van der Waals surface area (Å²) in [7, 11) is 0. The molecular weight excluding hydrogens is 305 g/mol. The number of rotatable bonds is 4. The smallest absolute Gasteiger partial charge is 0.263 e. The van der Waals surface area contributed by atoms with E-state index in [1.54, 1.807) is 6.20 Å². The Morgan fingerprint density at radius 2 is 2.37 bits per heavy atom. The summed E-state index contributed by atoms with van der Waals surface area (Å²) in [6.45, 7) is 4.06. The molecule has 0 aliphatic carbocycles. The number of carbonyl (C=O) groups excluding carboxylic acids is 1. The lowest BCUT2D eigenvalue weighted by atomic mass is 10.1. The maximum atomic E-state index is 12.0. The fourth-order valence-corrected chi connectivity index (χ4v) is 2.90. The predicted molar refractivity (Wildman–Crippen MR) is 84.0 cm³/mol. The molecule has 1 aromatic rings. The summed E-state index contributed by atoms with van der Waals surface area (Å²) in [6, 6.07) is 0.271. The molecule has 1 atom stereocenters. The van der Waals surface area contributed by atoms with Crippen LogP contribution in [0.4, 0.5) is 0 Å². The first-order valence-corrected chi connectivity index (χ1v) is 7.07. The Bertz CT molecular complexity index is 381. The molecule has 0 bridgehead atoms. The summed E-state index contributed by atoms with van der Waals surface area (Å²) >= 11 is 1.51. The number of hydrogen-bond donors (Lipinski definition) is 2. The fourth-order valence-electron chi connectivity index (χ4n) is 1.98. The van der Waals surface area contributed by atoms with Crippen molar-refractivity contribution in [3.05, 3.63) is 16.1 Å². The number of halogens is 2.